The number of hydrogen-bond donors (Lipinski definition) is 2. The van der Waals surface area contributed by atoms with Crippen molar-refractivity contribution in [3.63, 3.8) is 0 Å². The lowest BCUT2D eigenvalue weighted by atomic mass is 9.95. The first-order valence-corrected chi connectivity index (χ1v) is 13.1. The first-order valence-electron chi connectivity index (χ1n) is 13.1. The van der Waals surface area contributed by atoms with Crippen LogP contribution in [0.2, 0.25) is 0 Å². The van der Waals surface area contributed by atoms with E-state index in [1.54, 1.807) is 12.1 Å². The molecule has 2 fully saturated rings. The minimum atomic E-state index is -0.515. The molecule has 200 valence electrons. The molecule has 2 aliphatic heterocycles. The van der Waals surface area contributed by atoms with Gasteiger partial charge >= 0.3 is 5.97 Å². The largest absolute Gasteiger partial charge is 0.459 e. The van der Waals surface area contributed by atoms with Gasteiger partial charge in [-0.3, -0.25) is 14.5 Å². The van der Waals surface area contributed by atoms with Gasteiger partial charge in [-0.25, -0.2) is 14.6 Å². The Morgan fingerprint density at radius 1 is 1.03 bits per heavy atom. The Bertz CT molecular complexity index is 1540. The summed E-state index contributed by atoms with van der Waals surface area (Å²) in [4.78, 5) is 36.4. The second-order valence-electron chi connectivity index (χ2n) is 11.2. The molecule has 4 unspecified atom stereocenters. The highest BCUT2D eigenvalue weighted by molar-refractivity contribution is 6.05. The number of nitrogen functional groups attached to an aromatic ring is 1. The molecule has 39 heavy (non-hydrogen) atoms. The third-order valence-electron chi connectivity index (χ3n) is 7.36. The summed E-state index contributed by atoms with van der Waals surface area (Å²) in [6, 6.07) is 16.4. The summed E-state index contributed by atoms with van der Waals surface area (Å²) < 4.78 is 7.59. The number of hydrogen-bond acceptors (Lipinski definition) is 8. The van der Waals surface area contributed by atoms with Gasteiger partial charge in [0.1, 0.15) is 29.5 Å². The van der Waals surface area contributed by atoms with E-state index in [1.807, 2.05) is 67.9 Å². The molecule has 4 heterocycles. The highest BCUT2D eigenvalue weighted by atomic mass is 16.6. The molecule has 0 spiro atoms. The molecular weight excluding hydrogens is 494 g/mol. The molecule has 0 saturated carbocycles. The van der Waals surface area contributed by atoms with E-state index in [-0.39, 0.29) is 29.9 Å². The number of amides is 1. The van der Waals surface area contributed by atoms with E-state index in [1.165, 1.54) is 6.33 Å². The lowest BCUT2D eigenvalue weighted by Crippen LogP contribution is -2.43. The maximum Gasteiger partial charge on any atom is 0.323 e. The van der Waals surface area contributed by atoms with Gasteiger partial charge in [-0.05, 0) is 57.4 Å². The van der Waals surface area contributed by atoms with Gasteiger partial charge < -0.3 is 15.8 Å². The summed E-state index contributed by atoms with van der Waals surface area (Å²) in [5.41, 5.74) is 9.22. The summed E-state index contributed by atoms with van der Waals surface area (Å²) in [7, 11) is 0. The third kappa shape index (κ3) is 4.72. The van der Waals surface area contributed by atoms with Crippen LogP contribution in [0.25, 0.3) is 22.3 Å². The number of carbonyl (C=O) groups excluding carboxylic acids is 2. The van der Waals surface area contributed by atoms with Gasteiger partial charge in [0.25, 0.3) is 5.91 Å². The quantitative estimate of drug-likeness (QED) is 0.375. The number of ether oxygens (including phenoxy) is 1. The van der Waals surface area contributed by atoms with Crippen LogP contribution in [0.1, 0.15) is 43.6 Å². The van der Waals surface area contributed by atoms with Gasteiger partial charge in [-0.2, -0.15) is 5.10 Å². The number of piperidine rings is 1. The monoisotopic (exact) mass is 525 g/mol. The number of fused-ring (bicyclic) bond motifs is 3. The zero-order chi connectivity index (χ0) is 27.3. The Labute approximate surface area is 226 Å². The lowest BCUT2D eigenvalue weighted by Gasteiger charge is -2.30. The summed E-state index contributed by atoms with van der Waals surface area (Å²) in [5, 5.41) is 8.56. The first kappa shape index (κ1) is 25.0. The fraction of sp³-hybridized carbons (Fsp3) is 0.345. The fourth-order valence-electron chi connectivity index (χ4n) is 5.63. The number of carbonyl (C=O) groups is 2. The molecule has 2 saturated heterocycles. The van der Waals surface area contributed by atoms with E-state index in [0.29, 0.717) is 41.1 Å². The molecule has 3 N–H and O–H groups in total. The van der Waals surface area contributed by atoms with Crippen molar-refractivity contribution in [2.75, 3.05) is 24.1 Å². The van der Waals surface area contributed by atoms with E-state index < -0.39 is 5.60 Å². The smallest absolute Gasteiger partial charge is 0.323 e. The van der Waals surface area contributed by atoms with Gasteiger partial charge in [-0.15, -0.1) is 0 Å². The van der Waals surface area contributed by atoms with Crippen LogP contribution in [0.4, 0.5) is 11.5 Å². The molecule has 10 heteroatoms. The van der Waals surface area contributed by atoms with Crippen LogP contribution in [-0.4, -0.2) is 61.3 Å². The minimum absolute atomic E-state index is 0.0464. The van der Waals surface area contributed by atoms with Crippen molar-refractivity contribution in [2.24, 2.45) is 5.92 Å². The van der Waals surface area contributed by atoms with Crippen molar-refractivity contribution in [1.82, 2.24) is 24.6 Å². The zero-order valence-electron chi connectivity index (χ0n) is 22.2. The van der Waals surface area contributed by atoms with Gasteiger partial charge in [0.2, 0.25) is 0 Å². The number of benzene rings is 2. The van der Waals surface area contributed by atoms with Crippen LogP contribution in [0, 0.1) is 5.92 Å². The Kier molecular flexibility index (Phi) is 6.06. The molecule has 1 amide bonds. The molecule has 2 aromatic carbocycles. The summed E-state index contributed by atoms with van der Waals surface area (Å²) in [6.45, 7) is 7.14. The Hall–Kier alpha value is -4.31. The lowest BCUT2D eigenvalue weighted by molar-refractivity contribution is -0.160. The van der Waals surface area contributed by atoms with Gasteiger partial charge in [0.05, 0.1) is 11.4 Å². The highest BCUT2D eigenvalue weighted by Crippen LogP contribution is 2.43. The van der Waals surface area contributed by atoms with Crippen molar-refractivity contribution in [3.8, 4) is 11.3 Å². The van der Waals surface area contributed by atoms with Crippen molar-refractivity contribution in [3.05, 3.63) is 66.5 Å². The second kappa shape index (κ2) is 9.46. The second-order valence-corrected chi connectivity index (χ2v) is 11.2. The van der Waals surface area contributed by atoms with Crippen LogP contribution >= 0.6 is 0 Å². The molecule has 10 nitrogen and oxygen atoms in total. The van der Waals surface area contributed by atoms with E-state index >= 15 is 0 Å². The summed E-state index contributed by atoms with van der Waals surface area (Å²) in [6.07, 6.45) is 2.16. The number of para-hydroxylation sites is 1. The SMILES string of the molecule is CC(C)(C)OC(=O)C1CC2CN1CC2n1nc(-c2ccc(C(=O)Nc3ccccc3)cc2)c2c(N)ncnc21. The predicted octanol–water partition coefficient (Wildman–Crippen LogP) is 3.91. The number of nitrogens with two attached hydrogens (primary N) is 1. The normalized spacial score (nSPS) is 22.2. The van der Waals surface area contributed by atoms with Gasteiger partial charge in [0, 0.05) is 29.9 Å². The fourth-order valence-corrected chi connectivity index (χ4v) is 5.63. The molecular formula is C29H31N7O3. The maximum atomic E-state index is 12.8. The molecule has 0 radical (unpaired) electrons. The van der Waals surface area contributed by atoms with Crippen molar-refractivity contribution < 1.29 is 14.3 Å². The van der Waals surface area contributed by atoms with Gasteiger partial charge in [-0.1, -0.05) is 30.3 Å². The summed E-state index contributed by atoms with van der Waals surface area (Å²) >= 11 is 0. The maximum absolute atomic E-state index is 12.8. The van der Waals surface area contributed by atoms with Crippen LogP contribution < -0.4 is 11.1 Å². The minimum Gasteiger partial charge on any atom is -0.459 e. The van der Waals surface area contributed by atoms with Crippen LogP contribution in [0.15, 0.2) is 60.9 Å². The van der Waals surface area contributed by atoms with Crippen molar-refractivity contribution >= 4 is 34.4 Å². The molecule has 0 aliphatic carbocycles. The molecule has 6 rings (SSSR count). The van der Waals surface area contributed by atoms with Crippen LogP contribution in [-0.2, 0) is 9.53 Å². The number of esters is 1. The van der Waals surface area contributed by atoms with E-state index in [2.05, 4.69) is 20.2 Å². The van der Waals surface area contributed by atoms with E-state index in [9.17, 15) is 9.59 Å². The van der Waals surface area contributed by atoms with Crippen molar-refractivity contribution in [2.45, 2.75) is 44.9 Å². The van der Waals surface area contributed by atoms with Crippen LogP contribution in [0.5, 0.6) is 0 Å². The zero-order valence-corrected chi connectivity index (χ0v) is 22.2. The number of nitrogens with one attached hydrogen (secondary N) is 1. The summed E-state index contributed by atoms with van der Waals surface area (Å²) in [5.74, 6) is 0.222. The Morgan fingerprint density at radius 2 is 1.77 bits per heavy atom. The number of aromatic nitrogens is 4. The number of anilines is 2. The molecule has 2 aliphatic rings. The topological polar surface area (TPSA) is 128 Å². The average Bonchev–Trinajstić information content (AvgIpc) is 3.62. The van der Waals surface area contributed by atoms with Crippen LogP contribution in [0.3, 0.4) is 0 Å². The Morgan fingerprint density at radius 3 is 2.44 bits per heavy atom. The molecule has 4 aromatic rings. The van der Waals surface area contributed by atoms with E-state index in [0.717, 1.165) is 17.8 Å². The van der Waals surface area contributed by atoms with Gasteiger partial charge in [0.15, 0.2) is 5.65 Å². The first-order chi connectivity index (χ1) is 18.7. The van der Waals surface area contributed by atoms with Crippen molar-refractivity contribution in [1.29, 1.82) is 0 Å². The highest BCUT2D eigenvalue weighted by Gasteiger charge is 2.49. The third-order valence-corrected chi connectivity index (χ3v) is 7.36. The molecule has 2 bridgehead atoms. The predicted molar refractivity (Wildman–Crippen MR) is 148 cm³/mol. The molecule has 2 aromatic heterocycles. The molecule has 4 atom stereocenters. The number of rotatable bonds is 5. The Balaban J connectivity index is 1.27. The average molecular weight is 526 g/mol. The number of nitrogens with zero attached hydrogens (tertiary/aromatic N) is 5. The standard InChI is InChI=1S/C29H31N7O3/c1-29(2,3)39-28(38)21-13-19-14-35(21)15-22(19)36-26-23(25(30)31-16-32-26)24(34-36)17-9-11-18(12-10-17)27(37)33-20-7-5-4-6-8-20/h4-12,16,19,21-22H,13-15H2,1-3H3,(H,33,37)(H2,30,31,32). The van der Waals surface area contributed by atoms with E-state index in [4.69, 9.17) is 15.6 Å².